The van der Waals surface area contributed by atoms with E-state index in [9.17, 15) is 4.79 Å². The third kappa shape index (κ3) is 5.35. The van der Waals surface area contributed by atoms with Crippen LogP contribution in [0.2, 0.25) is 15.1 Å². The number of carbonyl (C=O) groups excluding carboxylic acids is 1. The van der Waals surface area contributed by atoms with E-state index < -0.39 is 0 Å². The normalized spacial score (nSPS) is 10.6. The maximum atomic E-state index is 13.2. The zero-order chi connectivity index (χ0) is 23.0. The Bertz CT molecular complexity index is 1340. The summed E-state index contributed by atoms with van der Waals surface area (Å²) in [5, 5.41) is 9.13. The third-order valence-corrected chi connectivity index (χ3v) is 6.03. The summed E-state index contributed by atoms with van der Waals surface area (Å²) in [7, 11) is 1.92. The lowest BCUT2D eigenvalue weighted by Crippen LogP contribution is -3.00. The summed E-state index contributed by atoms with van der Waals surface area (Å²) in [6.45, 7) is 3.85. The second-order valence-electron chi connectivity index (χ2n) is 7.46. The lowest BCUT2D eigenvalue weighted by atomic mass is 10.1. The Balaban J connectivity index is 0.00000306. The molecule has 0 aliphatic heterocycles. The number of benzene rings is 2. The predicted molar refractivity (Wildman–Crippen MR) is 129 cm³/mol. The molecule has 0 atom stereocenters. The molecule has 0 fully saturated rings. The first kappa shape index (κ1) is 25.5. The molecule has 2 heterocycles. The molecule has 170 valence electrons. The number of anilines is 1. The molecule has 0 aliphatic carbocycles. The molecule has 0 bridgehead atoms. The SMILES string of the molecule is Cc1c(C(=O)Nc2ccc(C)[n+](C)c2)nn(-c2ccc(Cl)cc2Cl)c1-c1ccc(Cl)cc1.[I-]. The van der Waals surface area contributed by atoms with Gasteiger partial charge >= 0.3 is 0 Å². The number of nitrogens with one attached hydrogen (secondary N) is 1. The Morgan fingerprint density at radius 2 is 1.64 bits per heavy atom. The molecule has 0 aliphatic rings. The number of aromatic nitrogens is 3. The number of halogens is 4. The molecule has 9 heteroatoms. The van der Waals surface area contributed by atoms with Crippen LogP contribution < -0.4 is 33.9 Å². The monoisotopic (exact) mass is 612 g/mol. The highest BCUT2D eigenvalue weighted by molar-refractivity contribution is 6.35. The summed E-state index contributed by atoms with van der Waals surface area (Å²) in [4.78, 5) is 13.2. The molecule has 4 rings (SSSR count). The van der Waals surface area contributed by atoms with Gasteiger partial charge in [0.25, 0.3) is 5.91 Å². The molecule has 0 spiro atoms. The molecule has 1 N–H and O–H groups in total. The van der Waals surface area contributed by atoms with Crippen LogP contribution in [0.5, 0.6) is 0 Å². The summed E-state index contributed by atoms with van der Waals surface area (Å²) >= 11 is 18.7. The molecule has 2 aromatic heterocycles. The van der Waals surface area contributed by atoms with Crippen LogP contribution in [0.15, 0.2) is 60.8 Å². The molecular weight excluding hydrogens is 594 g/mol. The number of aryl methyl sites for hydroxylation is 2. The number of rotatable bonds is 4. The Labute approximate surface area is 224 Å². The van der Waals surface area contributed by atoms with Crippen molar-refractivity contribution in [3.05, 3.63) is 92.8 Å². The van der Waals surface area contributed by atoms with Gasteiger partial charge in [-0.05, 0) is 43.3 Å². The van der Waals surface area contributed by atoms with Crippen molar-refractivity contribution in [3.8, 4) is 16.9 Å². The van der Waals surface area contributed by atoms with Crippen molar-refractivity contribution in [1.82, 2.24) is 9.78 Å². The molecular formula is C24H20Cl3IN4O. The Morgan fingerprint density at radius 1 is 0.970 bits per heavy atom. The molecule has 33 heavy (non-hydrogen) atoms. The van der Waals surface area contributed by atoms with Crippen LogP contribution in [0.25, 0.3) is 16.9 Å². The van der Waals surface area contributed by atoms with Gasteiger partial charge in [-0.3, -0.25) is 4.79 Å². The highest BCUT2D eigenvalue weighted by Crippen LogP contribution is 2.33. The van der Waals surface area contributed by atoms with Gasteiger partial charge in [-0.2, -0.15) is 5.10 Å². The second-order valence-corrected chi connectivity index (χ2v) is 8.74. The standard InChI is InChI=1S/C24H19Cl3N4O.HI/c1-14-4-10-19(13-30(14)3)28-24(32)22-15(2)23(16-5-7-17(25)8-6-16)31(29-22)21-11-9-18(26)12-20(21)27;/h4-13H,1-3H3;1H. The van der Waals surface area contributed by atoms with E-state index in [-0.39, 0.29) is 29.9 Å². The van der Waals surface area contributed by atoms with Crippen LogP contribution in [-0.2, 0) is 7.05 Å². The van der Waals surface area contributed by atoms with Crippen molar-refractivity contribution in [1.29, 1.82) is 0 Å². The first-order valence-corrected chi connectivity index (χ1v) is 11.0. The molecule has 1 amide bonds. The largest absolute Gasteiger partial charge is 1.00 e. The zero-order valence-corrected chi connectivity index (χ0v) is 22.5. The summed E-state index contributed by atoms with van der Waals surface area (Å²) < 4.78 is 3.61. The van der Waals surface area contributed by atoms with E-state index in [0.717, 1.165) is 17.0 Å². The molecule has 4 aromatic rings. The number of amides is 1. The first-order valence-electron chi connectivity index (χ1n) is 9.83. The van der Waals surface area contributed by atoms with Crippen molar-refractivity contribution in [2.45, 2.75) is 13.8 Å². The molecule has 5 nitrogen and oxygen atoms in total. The van der Waals surface area contributed by atoms with E-state index in [0.29, 0.717) is 37.7 Å². The van der Waals surface area contributed by atoms with E-state index in [4.69, 9.17) is 34.8 Å². The topological polar surface area (TPSA) is 50.8 Å². The van der Waals surface area contributed by atoms with Crippen LogP contribution in [0, 0.1) is 13.8 Å². The van der Waals surface area contributed by atoms with Crippen LogP contribution in [0.3, 0.4) is 0 Å². The van der Waals surface area contributed by atoms with E-state index >= 15 is 0 Å². The van der Waals surface area contributed by atoms with E-state index in [1.54, 1.807) is 35.0 Å². The van der Waals surface area contributed by atoms with Crippen LogP contribution in [0.1, 0.15) is 21.7 Å². The van der Waals surface area contributed by atoms with Crippen molar-refractivity contribution < 1.29 is 33.3 Å². The maximum absolute atomic E-state index is 13.2. The average molecular weight is 614 g/mol. The van der Waals surface area contributed by atoms with Gasteiger partial charge in [-0.15, -0.1) is 0 Å². The van der Waals surface area contributed by atoms with E-state index in [2.05, 4.69) is 10.4 Å². The third-order valence-electron chi connectivity index (χ3n) is 5.24. The van der Waals surface area contributed by atoms with Gasteiger partial charge in [0.15, 0.2) is 17.6 Å². The fraction of sp³-hybridized carbons (Fsp3) is 0.125. The summed E-state index contributed by atoms with van der Waals surface area (Å²) in [6, 6.07) is 16.3. The van der Waals surface area contributed by atoms with Gasteiger partial charge in [-0.25, -0.2) is 9.25 Å². The lowest BCUT2D eigenvalue weighted by Gasteiger charge is -2.11. The highest BCUT2D eigenvalue weighted by atomic mass is 127. The molecule has 0 unspecified atom stereocenters. The fourth-order valence-electron chi connectivity index (χ4n) is 3.43. The number of hydrogen-bond donors (Lipinski definition) is 1. The van der Waals surface area contributed by atoms with Crippen molar-refractivity contribution >= 4 is 46.4 Å². The Hall–Kier alpha value is -2.13. The van der Waals surface area contributed by atoms with Gasteiger partial charge in [0.05, 0.1) is 16.4 Å². The lowest BCUT2D eigenvalue weighted by molar-refractivity contribution is -0.677. The summed E-state index contributed by atoms with van der Waals surface area (Å²) in [6.07, 6.45) is 1.86. The Morgan fingerprint density at radius 3 is 2.27 bits per heavy atom. The van der Waals surface area contributed by atoms with Crippen molar-refractivity contribution in [2.24, 2.45) is 7.05 Å². The number of pyridine rings is 1. The number of nitrogens with zero attached hydrogens (tertiary/aromatic N) is 3. The predicted octanol–water partition coefficient (Wildman–Crippen LogP) is 3.20. The molecule has 0 saturated carbocycles. The molecule has 0 radical (unpaired) electrons. The minimum Gasteiger partial charge on any atom is -1.00 e. The minimum absolute atomic E-state index is 0. The van der Waals surface area contributed by atoms with Crippen molar-refractivity contribution in [2.75, 3.05) is 5.32 Å². The first-order chi connectivity index (χ1) is 15.2. The van der Waals surface area contributed by atoms with Gasteiger partial charge in [0.2, 0.25) is 0 Å². The minimum atomic E-state index is -0.314. The highest BCUT2D eigenvalue weighted by Gasteiger charge is 2.24. The fourth-order valence-corrected chi connectivity index (χ4v) is 4.05. The second kappa shape index (κ2) is 10.4. The van der Waals surface area contributed by atoms with Gasteiger partial charge in [0.1, 0.15) is 12.7 Å². The van der Waals surface area contributed by atoms with Crippen LogP contribution in [0.4, 0.5) is 5.69 Å². The summed E-state index contributed by atoms with van der Waals surface area (Å²) in [5.74, 6) is -0.314. The smallest absolute Gasteiger partial charge is 0.276 e. The Kier molecular flexibility index (Phi) is 8.05. The molecule has 2 aromatic carbocycles. The number of hydrogen-bond acceptors (Lipinski definition) is 2. The maximum Gasteiger partial charge on any atom is 0.276 e. The van der Waals surface area contributed by atoms with Crippen LogP contribution in [-0.4, -0.2) is 15.7 Å². The van der Waals surface area contributed by atoms with Gasteiger partial charge < -0.3 is 29.3 Å². The summed E-state index contributed by atoms with van der Waals surface area (Å²) in [5.41, 5.74) is 4.97. The van der Waals surface area contributed by atoms with Gasteiger partial charge in [-0.1, -0.05) is 46.9 Å². The number of carbonyl (C=O) groups is 1. The van der Waals surface area contributed by atoms with E-state index in [1.165, 1.54) is 0 Å². The van der Waals surface area contributed by atoms with Crippen molar-refractivity contribution in [3.63, 3.8) is 0 Å². The average Bonchev–Trinajstić information content (AvgIpc) is 3.08. The van der Waals surface area contributed by atoms with Crippen LogP contribution >= 0.6 is 34.8 Å². The molecule has 0 saturated heterocycles. The van der Waals surface area contributed by atoms with E-state index in [1.807, 2.05) is 55.9 Å². The van der Waals surface area contributed by atoms with Gasteiger partial charge in [0, 0.05) is 34.2 Å². The quantitative estimate of drug-likeness (QED) is 0.284. The zero-order valence-electron chi connectivity index (χ0n) is 18.0.